The van der Waals surface area contributed by atoms with Gasteiger partial charge in [-0.2, -0.15) is 0 Å². The SMILES string of the molecule is Cc1nc(-c2cccs2)sc1C(=O)NC1CCCCC1. The maximum atomic E-state index is 12.4. The van der Waals surface area contributed by atoms with Crippen LogP contribution >= 0.6 is 22.7 Å². The molecule has 1 saturated carbocycles. The van der Waals surface area contributed by atoms with Crippen molar-refractivity contribution in [2.45, 2.75) is 45.1 Å². The van der Waals surface area contributed by atoms with Crippen LogP contribution in [0.3, 0.4) is 0 Å². The van der Waals surface area contributed by atoms with Gasteiger partial charge in [0.15, 0.2) is 0 Å². The van der Waals surface area contributed by atoms with E-state index >= 15 is 0 Å². The predicted molar refractivity (Wildman–Crippen MR) is 84.5 cm³/mol. The minimum atomic E-state index is 0.0507. The molecule has 0 spiro atoms. The standard InChI is InChI=1S/C15H18N2OS2/c1-10-13(14(18)17-11-6-3-2-4-7-11)20-15(16-10)12-8-5-9-19-12/h5,8-9,11H,2-4,6-7H2,1H3,(H,17,18). The Labute approximate surface area is 127 Å². The number of amides is 1. The Hall–Kier alpha value is -1.20. The van der Waals surface area contributed by atoms with Gasteiger partial charge in [-0.3, -0.25) is 4.79 Å². The summed E-state index contributed by atoms with van der Waals surface area (Å²) in [5.74, 6) is 0.0507. The second-order valence-corrected chi connectivity index (χ2v) is 7.17. The Kier molecular flexibility index (Phi) is 4.17. The van der Waals surface area contributed by atoms with Crippen molar-refractivity contribution < 1.29 is 4.79 Å². The van der Waals surface area contributed by atoms with Gasteiger partial charge in [0, 0.05) is 6.04 Å². The normalized spacial score (nSPS) is 16.2. The molecule has 0 aromatic carbocycles. The number of hydrogen-bond donors (Lipinski definition) is 1. The summed E-state index contributed by atoms with van der Waals surface area (Å²) in [6.45, 7) is 1.92. The molecule has 0 unspecified atom stereocenters. The lowest BCUT2D eigenvalue weighted by atomic mass is 9.95. The van der Waals surface area contributed by atoms with Crippen LogP contribution in [0.1, 0.15) is 47.5 Å². The van der Waals surface area contributed by atoms with Crippen LogP contribution in [-0.2, 0) is 0 Å². The fraction of sp³-hybridized carbons (Fsp3) is 0.467. The molecule has 0 saturated heterocycles. The van der Waals surface area contributed by atoms with Gasteiger partial charge in [0.25, 0.3) is 5.91 Å². The number of nitrogens with zero attached hydrogens (tertiary/aromatic N) is 1. The van der Waals surface area contributed by atoms with Crippen LogP contribution in [0, 0.1) is 6.92 Å². The lowest BCUT2D eigenvalue weighted by molar-refractivity contribution is 0.0931. The molecule has 1 aliphatic carbocycles. The van der Waals surface area contributed by atoms with E-state index < -0.39 is 0 Å². The van der Waals surface area contributed by atoms with Gasteiger partial charge in [0.2, 0.25) is 0 Å². The van der Waals surface area contributed by atoms with Crippen LogP contribution < -0.4 is 5.32 Å². The van der Waals surface area contributed by atoms with E-state index in [-0.39, 0.29) is 5.91 Å². The first kappa shape index (κ1) is 13.8. The molecular weight excluding hydrogens is 288 g/mol. The van der Waals surface area contributed by atoms with Gasteiger partial charge < -0.3 is 5.32 Å². The fourth-order valence-electron chi connectivity index (χ4n) is 2.61. The van der Waals surface area contributed by atoms with Crippen molar-refractivity contribution in [3.05, 3.63) is 28.1 Å². The summed E-state index contributed by atoms with van der Waals surface area (Å²) < 4.78 is 0. The first-order valence-corrected chi connectivity index (χ1v) is 8.76. The first-order chi connectivity index (χ1) is 9.74. The number of aromatic nitrogens is 1. The average molecular weight is 306 g/mol. The van der Waals surface area contributed by atoms with Crippen LogP contribution in [0.5, 0.6) is 0 Å². The van der Waals surface area contributed by atoms with Crippen molar-refractivity contribution in [3.63, 3.8) is 0 Å². The van der Waals surface area contributed by atoms with Gasteiger partial charge in [0.05, 0.1) is 10.6 Å². The molecule has 20 heavy (non-hydrogen) atoms. The summed E-state index contributed by atoms with van der Waals surface area (Å²) in [7, 11) is 0. The Morgan fingerprint density at radius 3 is 2.85 bits per heavy atom. The van der Waals surface area contributed by atoms with Gasteiger partial charge in [-0.15, -0.1) is 22.7 Å². The summed E-state index contributed by atoms with van der Waals surface area (Å²) in [4.78, 5) is 18.8. The Morgan fingerprint density at radius 1 is 1.35 bits per heavy atom. The minimum absolute atomic E-state index is 0.0507. The zero-order chi connectivity index (χ0) is 13.9. The summed E-state index contributed by atoms with van der Waals surface area (Å²) in [6, 6.07) is 4.41. The molecule has 5 heteroatoms. The highest BCUT2D eigenvalue weighted by atomic mass is 32.1. The van der Waals surface area contributed by atoms with Crippen LogP contribution in [0.2, 0.25) is 0 Å². The molecule has 2 heterocycles. The second kappa shape index (κ2) is 6.06. The molecule has 2 aromatic rings. The summed E-state index contributed by atoms with van der Waals surface area (Å²) in [6.07, 6.45) is 5.98. The van der Waals surface area contributed by atoms with E-state index in [4.69, 9.17) is 0 Å². The van der Waals surface area contributed by atoms with E-state index in [0.717, 1.165) is 33.3 Å². The monoisotopic (exact) mass is 306 g/mol. The fourth-order valence-corrected chi connectivity index (χ4v) is 4.38. The Balaban J connectivity index is 1.74. The number of thiophene rings is 1. The van der Waals surface area contributed by atoms with Crippen LogP contribution in [-0.4, -0.2) is 16.9 Å². The smallest absolute Gasteiger partial charge is 0.263 e. The third kappa shape index (κ3) is 2.94. The average Bonchev–Trinajstić information content (AvgIpc) is 3.08. The van der Waals surface area contributed by atoms with E-state index in [1.807, 2.05) is 24.4 Å². The number of carbonyl (C=O) groups is 1. The molecule has 0 aliphatic heterocycles. The summed E-state index contributed by atoms with van der Waals surface area (Å²) in [5.41, 5.74) is 0.840. The van der Waals surface area contributed by atoms with Crippen molar-refractivity contribution >= 4 is 28.6 Å². The molecule has 0 radical (unpaired) electrons. The maximum Gasteiger partial charge on any atom is 0.263 e. The van der Waals surface area contributed by atoms with Gasteiger partial charge in [-0.1, -0.05) is 25.3 Å². The number of carbonyl (C=O) groups excluding carboxylic acids is 1. The quantitative estimate of drug-likeness (QED) is 0.921. The highest BCUT2D eigenvalue weighted by Crippen LogP contribution is 2.31. The van der Waals surface area contributed by atoms with E-state index in [0.29, 0.717) is 6.04 Å². The molecule has 0 bridgehead atoms. The molecule has 1 amide bonds. The van der Waals surface area contributed by atoms with E-state index in [2.05, 4.69) is 10.3 Å². The zero-order valence-corrected chi connectivity index (χ0v) is 13.1. The largest absolute Gasteiger partial charge is 0.349 e. The molecular formula is C15H18N2OS2. The van der Waals surface area contributed by atoms with E-state index in [9.17, 15) is 4.79 Å². The maximum absolute atomic E-state index is 12.4. The van der Waals surface area contributed by atoms with Crippen LogP contribution in [0.4, 0.5) is 0 Å². The van der Waals surface area contributed by atoms with Gasteiger partial charge in [0.1, 0.15) is 9.88 Å². The lowest BCUT2D eigenvalue weighted by Gasteiger charge is -2.22. The summed E-state index contributed by atoms with van der Waals surface area (Å²) in [5, 5.41) is 6.16. The zero-order valence-electron chi connectivity index (χ0n) is 11.5. The molecule has 1 fully saturated rings. The molecule has 3 nitrogen and oxygen atoms in total. The molecule has 3 rings (SSSR count). The molecule has 1 N–H and O–H groups in total. The minimum Gasteiger partial charge on any atom is -0.349 e. The van der Waals surface area contributed by atoms with Gasteiger partial charge in [-0.25, -0.2) is 4.98 Å². The van der Waals surface area contributed by atoms with E-state index in [1.54, 1.807) is 11.3 Å². The van der Waals surface area contributed by atoms with Crippen LogP contribution in [0.15, 0.2) is 17.5 Å². The van der Waals surface area contributed by atoms with Crippen molar-refractivity contribution in [1.82, 2.24) is 10.3 Å². The highest BCUT2D eigenvalue weighted by molar-refractivity contribution is 7.22. The van der Waals surface area contributed by atoms with Crippen LogP contribution in [0.25, 0.3) is 9.88 Å². The number of nitrogens with one attached hydrogen (secondary N) is 1. The Bertz CT molecular complexity index is 583. The van der Waals surface area contributed by atoms with Crippen molar-refractivity contribution in [3.8, 4) is 9.88 Å². The number of aryl methyl sites for hydroxylation is 1. The van der Waals surface area contributed by atoms with E-state index in [1.165, 1.54) is 30.6 Å². The number of thiazole rings is 1. The lowest BCUT2D eigenvalue weighted by Crippen LogP contribution is -2.36. The molecule has 0 atom stereocenters. The third-order valence-corrected chi connectivity index (χ3v) is 5.87. The molecule has 106 valence electrons. The number of rotatable bonds is 3. The second-order valence-electron chi connectivity index (χ2n) is 5.22. The first-order valence-electron chi connectivity index (χ1n) is 7.06. The van der Waals surface area contributed by atoms with Gasteiger partial charge >= 0.3 is 0 Å². The third-order valence-electron chi connectivity index (χ3n) is 3.68. The topological polar surface area (TPSA) is 42.0 Å². The number of hydrogen-bond acceptors (Lipinski definition) is 4. The summed E-state index contributed by atoms with van der Waals surface area (Å²) >= 11 is 3.16. The van der Waals surface area contributed by atoms with Gasteiger partial charge in [-0.05, 0) is 31.2 Å². The highest BCUT2D eigenvalue weighted by Gasteiger charge is 2.20. The predicted octanol–water partition coefficient (Wildman–Crippen LogP) is 4.24. The molecule has 2 aromatic heterocycles. The van der Waals surface area contributed by atoms with Crippen molar-refractivity contribution in [1.29, 1.82) is 0 Å². The van der Waals surface area contributed by atoms with Crippen molar-refractivity contribution in [2.75, 3.05) is 0 Å². The molecule has 1 aliphatic rings. The Morgan fingerprint density at radius 2 is 2.15 bits per heavy atom. The van der Waals surface area contributed by atoms with Crippen molar-refractivity contribution in [2.24, 2.45) is 0 Å².